The van der Waals surface area contributed by atoms with Gasteiger partial charge in [-0.3, -0.25) is 0 Å². The third-order valence-electron chi connectivity index (χ3n) is 3.43. The maximum Gasteiger partial charge on any atom is 0.335 e. The summed E-state index contributed by atoms with van der Waals surface area (Å²) >= 11 is 0. The first-order valence-corrected chi connectivity index (χ1v) is 6.90. The molecule has 0 aliphatic rings. The summed E-state index contributed by atoms with van der Waals surface area (Å²) in [5.41, 5.74) is 2.09. The van der Waals surface area contributed by atoms with Gasteiger partial charge in [-0.25, -0.2) is 9.18 Å². The van der Waals surface area contributed by atoms with Gasteiger partial charge >= 0.3 is 5.97 Å². The third-order valence-corrected chi connectivity index (χ3v) is 3.43. The minimum Gasteiger partial charge on any atom is -0.478 e. The van der Waals surface area contributed by atoms with Crippen LogP contribution in [-0.4, -0.2) is 21.2 Å². The second-order valence-corrected chi connectivity index (χ2v) is 5.25. The summed E-state index contributed by atoms with van der Waals surface area (Å²) < 4.78 is 19.3. The van der Waals surface area contributed by atoms with E-state index in [1.165, 1.54) is 6.07 Å². The van der Waals surface area contributed by atoms with Crippen molar-refractivity contribution in [2.24, 2.45) is 0 Å². The average molecular weight is 312 g/mol. The zero-order chi connectivity index (χ0) is 16.6. The number of aryl methyl sites for hydroxylation is 2. The topological polar surface area (TPSA) is 76.2 Å². The van der Waals surface area contributed by atoms with Crippen LogP contribution in [0.2, 0.25) is 0 Å². The van der Waals surface area contributed by atoms with Gasteiger partial charge in [-0.15, -0.1) is 0 Å². The highest BCUT2D eigenvalue weighted by Crippen LogP contribution is 2.26. The van der Waals surface area contributed by atoms with Crippen molar-refractivity contribution in [3.8, 4) is 22.8 Å². The molecule has 0 fully saturated rings. The van der Waals surface area contributed by atoms with Crippen LogP contribution in [0.4, 0.5) is 4.39 Å². The molecule has 0 unspecified atom stereocenters. The molecule has 5 nitrogen and oxygen atoms in total. The van der Waals surface area contributed by atoms with Crippen molar-refractivity contribution >= 4 is 5.97 Å². The van der Waals surface area contributed by atoms with Crippen LogP contribution in [0, 0.1) is 19.7 Å². The lowest BCUT2D eigenvalue weighted by atomic mass is 10.1. The van der Waals surface area contributed by atoms with E-state index in [1.54, 1.807) is 44.2 Å². The molecule has 116 valence electrons. The fraction of sp³-hybridized carbons (Fsp3) is 0.118. The first-order valence-electron chi connectivity index (χ1n) is 6.90. The van der Waals surface area contributed by atoms with E-state index in [0.717, 1.165) is 5.56 Å². The molecule has 0 aliphatic carbocycles. The molecule has 2 aromatic carbocycles. The highest BCUT2D eigenvalue weighted by atomic mass is 19.1. The van der Waals surface area contributed by atoms with Crippen LogP contribution in [0.25, 0.3) is 22.8 Å². The van der Waals surface area contributed by atoms with E-state index in [9.17, 15) is 9.18 Å². The standard InChI is InChI=1S/C17H13FN2O3/c1-9-6-11(8-12(7-9)17(21)22)15-19-16(23-20-15)13-5-3-4-10(2)14(13)18/h3-8H,1-2H3,(H,21,22). The highest BCUT2D eigenvalue weighted by molar-refractivity contribution is 5.89. The van der Waals surface area contributed by atoms with Crippen LogP contribution in [0.5, 0.6) is 0 Å². The minimum atomic E-state index is -1.04. The Balaban J connectivity index is 2.06. The van der Waals surface area contributed by atoms with Gasteiger partial charge in [-0.05, 0) is 49.2 Å². The van der Waals surface area contributed by atoms with E-state index in [0.29, 0.717) is 11.1 Å². The van der Waals surface area contributed by atoms with Crippen LogP contribution in [0.15, 0.2) is 40.9 Å². The Morgan fingerprint density at radius 1 is 1.22 bits per heavy atom. The van der Waals surface area contributed by atoms with E-state index in [2.05, 4.69) is 10.1 Å². The first kappa shape index (κ1) is 14.9. The molecule has 0 saturated heterocycles. The van der Waals surface area contributed by atoms with Gasteiger partial charge in [-0.1, -0.05) is 17.3 Å². The monoisotopic (exact) mass is 312 g/mol. The summed E-state index contributed by atoms with van der Waals surface area (Å²) in [5, 5.41) is 12.9. The maximum absolute atomic E-state index is 14.1. The first-order chi connectivity index (χ1) is 11.0. The van der Waals surface area contributed by atoms with Crippen LogP contribution < -0.4 is 0 Å². The van der Waals surface area contributed by atoms with Crippen LogP contribution in [0.1, 0.15) is 21.5 Å². The van der Waals surface area contributed by atoms with Crippen molar-refractivity contribution in [2.75, 3.05) is 0 Å². The van der Waals surface area contributed by atoms with E-state index in [4.69, 9.17) is 9.63 Å². The number of carboxylic acids is 1. The molecule has 3 rings (SSSR count). The molecule has 0 amide bonds. The van der Waals surface area contributed by atoms with Gasteiger partial charge in [0, 0.05) is 5.56 Å². The Morgan fingerprint density at radius 3 is 2.74 bits per heavy atom. The van der Waals surface area contributed by atoms with Crippen molar-refractivity contribution in [2.45, 2.75) is 13.8 Å². The van der Waals surface area contributed by atoms with Gasteiger partial charge in [0.25, 0.3) is 5.89 Å². The molecule has 0 radical (unpaired) electrons. The maximum atomic E-state index is 14.1. The summed E-state index contributed by atoms with van der Waals surface area (Å²) in [7, 11) is 0. The average Bonchev–Trinajstić information content (AvgIpc) is 2.99. The van der Waals surface area contributed by atoms with Crippen LogP contribution in [-0.2, 0) is 0 Å². The highest BCUT2D eigenvalue weighted by Gasteiger charge is 2.16. The van der Waals surface area contributed by atoms with Gasteiger partial charge in [0.05, 0.1) is 11.1 Å². The smallest absolute Gasteiger partial charge is 0.335 e. The minimum absolute atomic E-state index is 0.0552. The number of nitrogens with zero attached hydrogens (tertiary/aromatic N) is 2. The van der Waals surface area contributed by atoms with E-state index < -0.39 is 11.8 Å². The molecule has 0 atom stereocenters. The molecule has 0 aliphatic heterocycles. The Labute approximate surface area is 131 Å². The predicted molar refractivity (Wildman–Crippen MR) is 81.6 cm³/mol. The Hall–Kier alpha value is -3.02. The molecular weight excluding hydrogens is 299 g/mol. The van der Waals surface area contributed by atoms with Crippen molar-refractivity contribution in [1.29, 1.82) is 0 Å². The molecular formula is C17H13FN2O3. The lowest BCUT2D eigenvalue weighted by molar-refractivity contribution is 0.0697. The van der Waals surface area contributed by atoms with Gasteiger partial charge in [0.2, 0.25) is 5.82 Å². The number of halogens is 1. The van der Waals surface area contributed by atoms with Gasteiger partial charge < -0.3 is 9.63 Å². The normalized spacial score (nSPS) is 10.7. The Bertz CT molecular complexity index is 903. The van der Waals surface area contributed by atoms with Crippen LogP contribution in [0.3, 0.4) is 0 Å². The van der Waals surface area contributed by atoms with E-state index in [-0.39, 0.29) is 22.8 Å². The van der Waals surface area contributed by atoms with Crippen molar-refractivity contribution in [3.63, 3.8) is 0 Å². The Morgan fingerprint density at radius 2 is 2.00 bits per heavy atom. The second-order valence-electron chi connectivity index (χ2n) is 5.25. The summed E-state index contributed by atoms with van der Waals surface area (Å²) in [4.78, 5) is 15.3. The number of hydrogen-bond acceptors (Lipinski definition) is 4. The van der Waals surface area contributed by atoms with Crippen LogP contribution >= 0.6 is 0 Å². The number of carboxylic acid groups (broad SMARTS) is 1. The van der Waals surface area contributed by atoms with Gasteiger partial charge in [0.15, 0.2) is 0 Å². The number of aromatic carboxylic acids is 1. The quantitative estimate of drug-likeness (QED) is 0.794. The Kier molecular flexibility index (Phi) is 3.65. The number of hydrogen-bond donors (Lipinski definition) is 1. The molecule has 3 aromatic rings. The summed E-state index contributed by atoms with van der Waals surface area (Å²) in [6.45, 7) is 3.42. The van der Waals surface area contributed by atoms with Crippen molar-refractivity contribution < 1.29 is 18.8 Å². The van der Waals surface area contributed by atoms with Crippen molar-refractivity contribution in [1.82, 2.24) is 10.1 Å². The zero-order valence-electron chi connectivity index (χ0n) is 12.5. The molecule has 1 aromatic heterocycles. The zero-order valence-corrected chi connectivity index (χ0v) is 12.5. The van der Waals surface area contributed by atoms with Crippen molar-refractivity contribution in [3.05, 3.63) is 58.9 Å². The molecule has 1 heterocycles. The number of benzene rings is 2. The summed E-state index contributed by atoms with van der Waals surface area (Å²) in [6.07, 6.45) is 0. The molecule has 0 bridgehead atoms. The number of carbonyl (C=O) groups is 1. The molecule has 1 N–H and O–H groups in total. The summed E-state index contributed by atoms with van der Waals surface area (Å²) in [6, 6.07) is 9.65. The lowest BCUT2D eigenvalue weighted by Crippen LogP contribution is -1.97. The largest absolute Gasteiger partial charge is 0.478 e. The predicted octanol–water partition coefficient (Wildman–Crippen LogP) is 3.86. The SMILES string of the molecule is Cc1cc(C(=O)O)cc(-c2noc(-c3cccc(C)c3F)n2)c1. The fourth-order valence-corrected chi connectivity index (χ4v) is 2.30. The molecule has 0 spiro atoms. The van der Waals surface area contributed by atoms with E-state index in [1.807, 2.05) is 0 Å². The lowest BCUT2D eigenvalue weighted by Gasteiger charge is -2.01. The summed E-state index contributed by atoms with van der Waals surface area (Å²) in [5.74, 6) is -1.19. The van der Waals surface area contributed by atoms with E-state index >= 15 is 0 Å². The number of aromatic nitrogens is 2. The van der Waals surface area contributed by atoms with Gasteiger partial charge in [0.1, 0.15) is 5.82 Å². The second kappa shape index (κ2) is 5.64. The molecule has 23 heavy (non-hydrogen) atoms. The fourth-order valence-electron chi connectivity index (χ4n) is 2.30. The third kappa shape index (κ3) is 2.83. The molecule has 0 saturated carbocycles. The van der Waals surface area contributed by atoms with Gasteiger partial charge in [-0.2, -0.15) is 4.98 Å². The molecule has 6 heteroatoms. The number of rotatable bonds is 3.